The first-order valence-corrected chi connectivity index (χ1v) is 11.3. The van der Waals surface area contributed by atoms with Crippen molar-refractivity contribution in [1.82, 2.24) is 13.9 Å². The molecule has 1 aromatic heterocycles. The molecular weight excluding hydrogens is 420 g/mol. The molecule has 0 spiro atoms. The van der Waals surface area contributed by atoms with Crippen molar-refractivity contribution in [2.75, 3.05) is 13.1 Å². The zero-order chi connectivity index (χ0) is 22.0. The largest absolute Gasteiger partial charge is 0.450 e. The maximum atomic E-state index is 12.9. The van der Waals surface area contributed by atoms with Crippen LogP contribution in [0.15, 0.2) is 66.1 Å². The molecule has 1 fully saturated rings. The minimum atomic E-state index is -3.80. The monoisotopic (exact) mass is 442 g/mol. The van der Waals surface area contributed by atoms with Crippen LogP contribution in [0.5, 0.6) is 11.5 Å². The number of nitro benzene ring substituents is 1. The molecule has 1 aliphatic heterocycles. The second kappa shape index (κ2) is 8.48. The molecule has 0 N–H and O–H groups in total. The second-order valence-corrected chi connectivity index (χ2v) is 9.48. The molecule has 31 heavy (non-hydrogen) atoms. The van der Waals surface area contributed by atoms with Crippen molar-refractivity contribution >= 4 is 15.7 Å². The fraction of sp³-hybridized carbons (Fsp3) is 0.286. The van der Waals surface area contributed by atoms with Gasteiger partial charge in [-0.3, -0.25) is 10.1 Å². The van der Waals surface area contributed by atoms with Gasteiger partial charge < -0.3 is 9.30 Å². The van der Waals surface area contributed by atoms with Gasteiger partial charge >= 0.3 is 5.69 Å². The number of piperidine rings is 1. The minimum absolute atomic E-state index is 0.0217. The van der Waals surface area contributed by atoms with E-state index in [9.17, 15) is 18.5 Å². The molecule has 0 saturated carbocycles. The van der Waals surface area contributed by atoms with Crippen molar-refractivity contribution in [2.24, 2.45) is 5.92 Å². The summed E-state index contributed by atoms with van der Waals surface area (Å²) in [6, 6.07) is 10.7. The van der Waals surface area contributed by atoms with Crippen molar-refractivity contribution in [1.29, 1.82) is 0 Å². The molecule has 1 saturated heterocycles. The molecule has 0 amide bonds. The Morgan fingerprint density at radius 1 is 1.13 bits per heavy atom. The van der Waals surface area contributed by atoms with Crippen LogP contribution in [0.25, 0.3) is 5.69 Å². The second-order valence-electron chi connectivity index (χ2n) is 7.54. The average Bonchev–Trinajstić information content (AvgIpc) is 3.29. The zero-order valence-electron chi connectivity index (χ0n) is 16.9. The predicted molar refractivity (Wildman–Crippen MR) is 114 cm³/mol. The van der Waals surface area contributed by atoms with Crippen LogP contribution in [0, 0.1) is 16.0 Å². The maximum absolute atomic E-state index is 12.9. The molecule has 0 unspecified atom stereocenters. The molecule has 2 heterocycles. The Kier molecular flexibility index (Phi) is 5.75. The maximum Gasteiger partial charge on any atom is 0.312 e. The van der Waals surface area contributed by atoms with Gasteiger partial charge in [-0.1, -0.05) is 6.92 Å². The van der Waals surface area contributed by atoms with E-state index in [1.54, 1.807) is 43.0 Å². The van der Waals surface area contributed by atoms with Gasteiger partial charge in [-0.15, -0.1) is 0 Å². The number of nitrogens with zero attached hydrogens (tertiary/aromatic N) is 4. The van der Waals surface area contributed by atoms with Crippen LogP contribution < -0.4 is 4.74 Å². The van der Waals surface area contributed by atoms with E-state index in [-0.39, 0.29) is 10.6 Å². The van der Waals surface area contributed by atoms with Crippen molar-refractivity contribution in [2.45, 2.75) is 24.7 Å². The lowest BCUT2D eigenvalue weighted by atomic mass is 10.0. The SMILES string of the molecule is CC1CCN(S(=O)(=O)c2ccc(Oc3ccc(-n4ccnc4)cc3)c([N+](=O)[O-])c2)CC1. The summed E-state index contributed by atoms with van der Waals surface area (Å²) in [5.74, 6) is 0.843. The fourth-order valence-corrected chi connectivity index (χ4v) is 4.98. The molecule has 2 aromatic carbocycles. The summed E-state index contributed by atoms with van der Waals surface area (Å²) in [5.41, 5.74) is 0.460. The number of benzene rings is 2. The van der Waals surface area contributed by atoms with E-state index >= 15 is 0 Å². The van der Waals surface area contributed by atoms with Gasteiger partial charge in [0.15, 0.2) is 0 Å². The van der Waals surface area contributed by atoms with Crippen molar-refractivity contribution in [3.63, 3.8) is 0 Å². The lowest BCUT2D eigenvalue weighted by Gasteiger charge is -2.29. The fourth-order valence-electron chi connectivity index (χ4n) is 3.49. The van der Waals surface area contributed by atoms with E-state index in [4.69, 9.17) is 4.74 Å². The lowest BCUT2D eigenvalue weighted by Crippen LogP contribution is -2.37. The molecule has 0 radical (unpaired) electrons. The third-order valence-corrected chi connectivity index (χ3v) is 7.27. The predicted octanol–water partition coefficient (Wildman–Crippen LogP) is 3.99. The Hall–Kier alpha value is -3.24. The van der Waals surface area contributed by atoms with Crippen LogP contribution in [0.3, 0.4) is 0 Å². The molecule has 1 aliphatic rings. The minimum Gasteiger partial charge on any atom is -0.450 e. The highest BCUT2D eigenvalue weighted by molar-refractivity contribution is 7.89. The lowest BCUT2D eigenvalue weighted by molar-refractivity contribution is -0.385. The first-order chi connectivity index (χ1) is 14.8. The molecule has 10 heteroatoms. The van der Waals surface area contributed by atoms with Crippen LogP contribution in [-0.4, -0.2) is 40.3 Å². The third kappa shape index (κ3) is 4.44. The van der Waals surface area contributed by atoms with Gasteiger partial charge in [0.1, 0.15) is 5.75 Å². The van der Waals surface area contributed by atoms with Crippen molar-refractivity contribution < 1.29 is 18.1 Å². The van der Waals surface area contributed by atoms with Crippen LogP contribution in [-0.2, 0) is 10.0 Å². The van der Waals surface area contributed by atoms with E-state index < -0.39 is 20.6 Å². The number of nitro groups is 1. The van der Waals surface area contributed by atoms with Gasteiger partial charge in [-0.2, -0.15) is 4.31 Å². The van der Waals surface area contributed by atoms with Gasteiger partial charge in [0.2, 0.25) is 15.8 Å². The summed E-state index contributed by atoms with van der Waals surface area (Å²) >= 11 is 0. The van der Waals surface area contributed by atoms with Gasteiger partial charge in [-0.25, -0.2) is 13.4 Å². The first-order valence-electron chi connectivity index (χ1n) is 9.89. The van der Waals surface area contributed by atoms with Crippen molar-refractivity contribution in [3.8, 4) is 17.2 Å². The van der Waals surface area contributed by atoms with Crippen LogP contribution in [0.1, 0.15) is 19.8 Å². The molecule has 0 bridgehead atoms. The Balaban J connectivity index is 1.58. The molecular formula is C21H22N4O5S. The van der Waals surface area contributed by atoms with Gasteiger partial charge in [0, 0.05) is 37.2 Å². The van der Waals surface area contributed by atoms with Crippen LogP contribution in [0.2, 0.25) is 0 Å². The molecule has 162 valence electrons. The third-order valence-electron chi connectivity index (χ3n) is 5.37. The summed E-state index contributed by atoms with van der Waals surface area (Å²) in [5, 5.41) is 11.6. The summed E-state index contributed by atoms with van der Waals surface area (Å²) in [7, 11) is -3.80. The molecule has 4 rings (SSSR count). The molecule has 0 aliphatic carbocycles. The number of hydrogen-bond acceptors (Lipinski definition) is 6. The molecule has 3 aromatic rings. The van der Waals surface area contributed by atoms with Gasteiger partial charge in [0.05, 0.1) is 16.1 Å². The Morgan fingerprint density at radius 2 is 1.84 bits per heavy atom. The van der Waals surface area contributed by atoms with E-state index in [1.165, 1.54) is 16.4 Å². The molecule has 0 atom stereocenters. The average molecular weight is 442 g/mol. The number of imidazole rings is 1. The highest BCUT2D eigenvalue weighted by atomic mass is 32.2. The zero-order valence-corrected chi connectivity index (χ0v) is 17.7. The van der Waals surface area contributed by atoms with E-state index in [0.717, 1.165) is 24.6 Å². The standard InChI is InChI=1S/C21H22N4O5S/c1-16-8-11-24(12-9-16)31(28,29)19-6-7-21(20(14-19)25(26)27)30-18-4-2-17(3-5-18)23-13-10-22-15-23/h2-7,10,13-16H,8-9,11-12H2,1H3. The topological polar surface area (TPSA) is 108 Å². The summed E-state index contributed by atoms with van der Waals surface area (Å²) in [6.45, 7) is 2.92. The number of hydrogen-bond donors (Lipinski definition) is 0. The smallest absolute Gasteiger partial charge is 0.312 e. The number of sulfonamides is 1. The number of rotatable bonds is 6. The summed E-state index contributed by atoms with van der Waals surface area (Å²) in [4.78, 5) is 14.9. The molecule has 9 nitrogen and oxygen atoms in total. The van der Waals surface area contributed by atoms with E-state index in [0.29, 0.717) is 24.8 Å². The normalized spacial score (nSPS) is 15.6. The van der Waals surface area contributed by atoms with E-state index in [1.807, 2.05) is 4.57 Å². The summed E-state index contributed by atoms with van der Waals surface area (Å²) in [6.07, 6.45) is 6.66. The Morgan fingerprint density at radius 3 is 2.45 bits per heavy atom. The van der Waals surface area contributed by atoms with E-state index in [2.05, 4.69) is 11.9 Å². The summed E-state index contributed by atoms with van der Waals surface area (Å²) < 4.78 is 34.8. The first kappa shape index (κ1) is 21.0. The van der Waals surface area contributed by atoms with Crippen LogP contribution >= 0.6 is 0 Å². The Labute approximate surface area is 180 Å². The van der Waals surface area contributed by atoms with Gasteiger partial charge in [0.25, 0.3) is 0 Å². The number of aromatic nitrogens is 2. The number of ether oxygens (including phenoxy) is 1. The Bertz CT molecular complexity index is 1170. The highest BCUT2D eigenvalue weighted by Crippen LogP contribution is 2.35. The quantitative estimate of drug-likeness (QED) is 0.422. The van der Waals surface area contributed by atoms with Crippen molar-refractivity contribution in [3.05, 3.63) is 71.3 Å². The van der Waals surface area contributed by atoms with Gasteiger partial charge in [-0.05, 0) is 55.2 Å². The van der Waals surface area contributed by atoms with Crippen LogP contribution in [0.4, 0.5) is 5.69 Å². The highest BCUT2D eigenvalue weighted by Gasteiger charge is 2.30.